The first-order chi connectivity index (χ1) is 9.66. The molecule has 3 rings (SSSR count). The molecule has 2 N–H and O–H groups in total. The molecule has 2 aromatic rings. The molecule has 0 aliphatic carbocycles. The van der Waals surface area contributed by atoms with Gasteiger partial charge in [-0.15, -0.1) is 0 Å². The molecule has 2 heterocycles. The quantitative estimate of drug-likeness (QED) is 0.875. The third-order valence-corrected chi connectivity index (χ3v) is 3.60. The molecule has 1 aromatic heterocycles. The summed E-state index contributed by atoms with van der Waals surface area (Å²) in [5.74, 6) is 0.300. The van der Waals surface area contributed by atoms with Gasteiger partial charge in [-0.1, -0.05) is 26.0 Å². The summed E-state index contributed by atoms with van der Waals surface area (Å²) >= 11 is 0. The van der Waals surface area contributed by atoms with E-state index < -0.39 is 0 Å². The lowest BCUT2D eigenvalue weighted by Gasteiger charge is -2.37. The largest absolute Gasteiger partial charge is 0.379 e. The molecule has 0 radical (unpaired) electrons. The molecule has 20 heavy (non-hydrogen) atoms. The van der Waals surface area contributed by atoms with E-state index in [1.807, 2.05) is 24.3 Å². The molecule has 0 fully saturated rings. The summed E-state index contributed by atoms with van der Waals surface area (Å²) in [6.45, 7) is 4.91. The van der Waals surface area contributed by atoms with Crippen molar-refractivity contribution >= 4 is 17.3 Å². The Hall–Kier alpha value is -2.37. The van der Waals surface area contributed by atoms with E-state index in [9.17, 15) is 4.79 Å². The van der Waals surface area contributed by atoms with Crippen LogP contribution in [-0.4, -0.2) is 33.9 Å². The second-order valence-electron chi connectivity index (χ2n) is 5.28. The number of carbonyl (C=O) groups is 1. The van der Waals surface area contributed by atoms with Gasteiger partial charge in [-0.3, -0.25) is 4.79 Å². The van der Waals surface area contributed by atoms with Crippen LogP contribution in [0, 0.1) is 5.92 Å². The standard InChI is InChI=1S/C14H17N5O/c1-9(2)12-8-19(14(20)11-7-15-18-17-11)13-6-4-3-5-10(13)16-12/h3-7,9,12,16H,8H2,1-2H3,(H,15,17,18)/t12-/m1/s1. The monoisotopic (exact) mass is 271 g/mol. The summed E-state index contributed by atoms with van der Waals surface area (Å²) in [5.41, 5.74) is 2.20. The van der Waals surface area contributed by atoms with Gasteiger partial charge in [-0.2, -0.15) is 15.4 Å². The van der Waals surface area contributed by atoms with Gasteiger partial charge in [0.25, 0.3) is 5.91 Å². The maximum Gasteiger partial charge on any atom is 0.280 e. The number of hydrogen-bond acceptors (Lipinski definition) is 4. The molecule has 0 bridgehead atoms. The average molecular weight is 271 g/mol. The van der Waals surface area contributed by atoms with Gasteiger partial charge in [0, 0.05) is 12.6 Å². The minimum atomic E-state index is -0.127. The molecule has 0 saturated carbocycles. The molecule has 0 unspecified atom stereocenters. The number of anilines is 2. The lowest BCUT2D eigenvalue weighted by atomic mass is 9.99. The maximum absolute atomic E-state index is 12.6. The zero-order valence-corrected chi connectivity index (χ0v) is 11.5. The number of carbonyl (C=O) groups excluding carboxylic acids is 1. The van der Waals surface area contributed by atoms with Crippen LogP contribution in [0.15, 0.2) is 30.5 Å². The van der Waals surface area contributed by atoms with Gasteiger partial charge in [0.15, 0.2) is 5.69 Å². The number of fused-ring (bicyclic) bond motifs is 1. The van der Waals surface area contributed by atoms with Crippen molar-refractivity contribution in [3.8, 4) is 0 Å². The number of hydrogen-bond donors (Lipinski definition) is 2. The molecule has 104 valence electrons. The number of rotatable bonds is 2. The number of nitrogens with zero attached hydrogens (tertiary/aromatic N) is 3. The van der Waals surface area contributed by atoms with E-state index in [1.165, 1.54) is 6.20 Å². The number of H-pyrrole nitrogens is 1. The molecule has 1 aliphatic rings. The minimum Gasteiger partial charge on any atom is -0.379 e. The number of nitrogens with one attached hydrogen (secondary N) is 2. The van der Waals surface area contributed by atoms with Crippen molar-refractivity contribution in [1.29, 1.82) is 0 Å². The van der Waals surface area contributed by atoms with E-state index >= 15 is 0 Å². The Morgan fingerprint density at radius 3 is 2.90 bits per heavy atom. The SMILES string of the molecule is CC(C)[C@H]1CN(C(=O)c2cn[nH]n2)c2ccccc2N1. The third-order valence-electron chi connectivity index (χ3n) is 3.60. The van der Waals surface area contributed by atoms with Crippen molar-refractivity contribution in [2.75, 3.05) is 16.8 Å². The summed E-state index contributed by atoms with van der Waals surface area (Å²) in [6, 6.07) is 8.05. The van der Waals surface area contributed by atoms with Crippen molar-refractivity contribution in [3.05, 3.63) is 36.2 Å². The lowest BCUT2D eigenvalue weighted by Crippen LogP contribution is -2.47. The van der Waals surface area contributed by atoms with E-state index in [2.05, 4.69) is 34.6 Å². The number of benzene rings is 1. The Balaban J connectivity index is 1.99. The first-order valence-electron chi connectivity index (χ1n) is 6.70. The van der Waals surface area contributed by atoms with Crippen molar-refractivity contribution in [2.45, 2.75) is 19.9 Å². The number of amides is 1. The lowest BCUT2D eigenvalue weighted by molar-refractivity contribution is 0.0979. The van der Waals surface area contributed by atoms with Gasteiger partial charge in [-0.25, -0.2) is 0 Å². The van der Waals surface area contributed by atoms with Gasteiger partial charge >= 0.3 is 0 Å². The Morgan fingerprint density at radius 2 is 2.20 bits per heavy atom. The number of aromatic nitrogens is 3. The molecule has 6 nitrogen and oxygen atoms in total. The van der Waals surface area contributed by atoms with Gasteiger partial charge < -0.3 is 10.2 Å². The molecule has 1 amide bonds. The van der Waals surface area contributed by atoms with Crippen molar-refractivity contribution in [1.82, 2.24) is 15.4 Å². The zero-order chi connectivity index (χ0) is 14.1. The van der Waals surface area contributed by atoms with Gasteiger partial charge in [0.1, 0.15) is 0 Å². The second kappa shape index (κ2) is 4.96. The Morgan fingerprint density at radius 1 is 1.40 bits per heavy atom. The first-order valence-corrected chi connectivity index (χ1v) is 6.70. The molecular weight excluding hydrogens is 254 g/mol. The maximum atomic E-state index is 12.6. The molecule has 1 atom stereocenters. The highest BCUT2D eigenvalue weighted by molar-refractivity contribution is 6.07. The first kappa shape index (κ1) is 12.7. The highest BCUT2D eigenvalue weighted by Gasteiger charge is 2.30. The molecule has 0 spiro atoms. The Kier molecular flexibility index (Phi) is 3.14. The Labute approximate surface area is 117 Å². The Bertz CT molecular complexity index is 608. The van der Waals surface area contributed by atoms with Crippen LogP contribution in [0.25, 0.3) is 0 Å². The fourth-order valence-corrected chi connectivity index (χ4v) is 2.38. The number of para-hydroxylation sites is 2. The van der Waals surface area contributed by atoms with Crippen LogP contribution in [0.1, 0.15) is 24.3 Å². The van der Waals surface area contributed by atoms with Crippen molar-refractivity contribution < 1.29 is 4.79 Å². The highest BCUT2D eigenvalue weighted by atomic mass is 16.2. The third kappa shape index (κ3) is 2.13. The van der Waals surface area contributed by atoms with Crippen LogP contribution in [0.4, 0.5) is 11.4 Å². The zero-order valence-electron chi connectivity index (χ0n) is 11.5. The topological polar surface area (TPSA) is 73.9 Å². The molecule has 1 aromatic carbocycles. The molecule has 1 aliphatic heterocycles. The van der Waals surface area contributed by atoms with Crippen LogP contribution in [0.5, 0.6) is 0 Å². The summed E-state index contributed by atoms with van der Waals surface area (Å²) in [4.78, 5) is 14.3. The van der Waals surface area contributed by atoms with Gasteiger partial charge in [0.2, 0.25) is 0 Å². The second-order valence-corrected chi connectivity index (χ2v) is 5.28. The van der Waals surface area contributed by atoms with Crippen molar-refractivity contribution in [2.24, 2.45) is 5.92 Å². The smallest absolute Gasteiger partial charge is 0.280 e. The van der Waals surface area contributed by atoms with Gasteiger partial charge in [-0.05, 0) is 18.1 Å². The van der Waals surface area contributed by atoms with E-state index in [0.29, 0.717) is 18.2 Å². The van der Waals surface area contributed by atoms with E-state index in [0.717, 1.165) is 11.4 Å². The predicted molar refractivity (Wildman–Crippen MR) is 76.7 cm³/mol. The van der Waals surface area contributed by atoms with Crippen LogP contribution in [0.2, 0.25) is 0 Å². The molecular formula is C14H17N5O. The highest BCUT2D eigenvalue weighted by Crippen LogP contribution is 2.32. The van der Waals surface area contributed by atoms with Crippen LogP contribution in [0.3, 0.4) is 0 Å². The normalized spacial score (nSPS) is 17.8. The van der Waals surface area contributed by atoms with Crippen molar-refractivity contribution in [3.63, 3.8) is 0 Å². The molecule has 0 saturated heterocycles. The fourth-order valence-electron chi connectivity index (χ4n) is 2.38. The predicted octanol–water partition coefficient (Wildman–Crippen LogP) is 1.90. The van der Waals surface area contributed by atoms with E-state index in [1.54, 1.807) is 4.90 Å². The summed E-state index contributed by atoms with van der Waals surface area (Å²) in [6.07, 6.45) is 1.46. The number of aromatic amines is 1. The summed E-state index contributed by atoms with van der Waals surface area (Å²) in [5, 5.41) is 13.6. The summed E-state index contributed by atoms with van der Waals surface area (Å²) < 4.78 is 0. The van der Waals surface area contributed by atoms with Crippen LogP contribution in [-0.2, 0) is 0 Å². The minimum absolute atomic E-state index is 0.127. The van der Waals surface area contributed by atoms with Crippen LogP contribution < -0.4 is 10.2 Å². The summed E-state index contributed by atoms with van der Waals surface area (Å²) in [7, 11) is 0. The fraction of sp³-hybridized carbons (Fsp3) is 0.357. The van der Waals surface area contributed by atoms with E-state index in [-0.39, 0.29) is 11.9 Å². The molecule has 6 heteroatoms. The average Bonchev–Trinajstić information content (AvgIpc) is 2.99. The van der Waals surface area contributed by atoms with Gasteiger partial charge in [0.05, 0.1) is 17.6 Å². The van der Waals surface area contributed by atoms with E-state index in [4.69, 9.17) is 0 Å². The van der Waals surface area contributed by atoms with Crippen LogP contribution >= 0.6 is 0 Å².